The number of thiazole rings is 1. The molecule has 0 radical (unpaired) electrons. The molecule has 0 bridgehead atoms. The summed E-state index contributed by atoms with van der Waals surface area (Å²) < 4.78 is 4.99. The number of likely N-dealkylation sites (tertiary alicyclic amines) is 1. The van der Waals surface area contributed by atoms with Crippen molar-refractivity contribution in [2.45, 2.75) is 37.5 Å². The smallest absolute Gasteiger partial charge is 0.309 e. The summed E-state index contributed by atoms with van der Waals surface area (Å²) in [4.78, 5) is 30.8. The lowest BCUT2D eigenvalue weighted by molar-refractivity contribution is -0.141. The van der Waals surface area contributed by atoms with Gasteiger partial charge >= 0.3 is 5.97 Å². The van der Waals surface area contributed by atoms with E-state index < -0.39 is 0 Å². The van der Waals surface area contributed by atoms with Gasteiger partial charge in [0.1, 0.15) is 0 Å². The van der Waals surface area contributed by atoms with E-state index in [-0.39, 0.29) is 23.2 Å². The molecule has 2 fully saturated rings. The molecule has 1 aromatic carbocycles. The highest BCUT2D eigenvalue weighted by Crippen LogP contribution is 2.42. The Bertz CT molecular complexity index is 844. The second-order valence-corrected chi connectivity index (χ2v) is 8.48. The van der Waals surface area contributed by atoms with Crippen LogP contribution in [0.4, 0.5) is 5.13 Å². The first-order chi connectivity index (χ1) is 13.6. The van der Waals surface area contributed by atoms with Crippen LogP contribution in [0.25, 0.3) is 0 Å². The average molecular weight is 400 g/mol. The van der Waals surface area contributed by atoms with Crippen LogP contribution in [0, 0.1) is 5.92 Å². The van der Waals surface area contributed by atoms with Gasteiger partial charge in [-0.15, -0.1) is 11.3 Å². The van der Waals surface area contributed by atoms with Gasteiger partial charge < -0.3 is 15.4 Å². The van der Waals surface area contributed by atoms with E-state index in [1.807, 2.05) is 28.5 Å². The summed E-state index contributed by atoms with van der Waals surface area (Å²) in [7, 11) is 0. The maximum Gasteiger partial charge on any atom is 0.309 e. The molecule has 0 spiro atoms. The number of anilines is 1. The van der Waals surface area contributed by atoms with Crippen LogP contribution in [-0.2, 0) is 19.7 Å². The molecule has 1 atom stereocenters. The third kappa shape index (κ3) is 3.63. The van der Waals surface area contributed by atoms with Crippen LogP contribution in [0.3, 0.4) is 0 Å². The number of nitrogens with zero attached hydrogens (tertiary/aromatic N) is 2. The van der Waals surface area contributed by atoms with E-state index in [1.54, 1.807) is 0 Å². The zero-order valence-corrected chi connectivity index (χ0v) is 16.6. The summed E-state index contributed by atoms with van der Waals surface area (Å²) >= 11 is 1.46. The van der Waals surface area contributed by atoms with E-state index >= 15 is 0 Å². The zero-order valence-electron chi connectivity index (χ0n) is 15.8. The number of hydrogen-bond donors (Lipinski definition) is 1. The Hall–Kier alpha value is -2.41. The highest BCUT2D eigenvalue weighted by Gasteiger charge is 2.40. The van der Waals surface area contributed by atoms with E-state index in [4.69, 9.17) is 10.5 Å². The minimum Gasteiger partial charge on any atom is -0.465 e. The lowest BCUT2D eigenvalue weighted by atomic mass is 9.70. The molecule has 1 unspecified atom stereocenters. The van der Waals surface area contributed by atoms with Crippen LogP contribution >= 0.6 is 11.3 Å². The van der Waals surface area contributed by atoms with Crippen molar-refractivity contribution in [1.29, 1.82) is 0 Å². The predicted octanol–water partition coefficient (Wildman–Crippen LogP) is 2.98. The van der Waals surface area contributed by atoms with Crippen LogP contribution in [0.2, 0.25) is 0 Å². The Morgan fingerprint density at radius 2 is 2.04 bits per heavy atom. The Labute approximate surface area is 168 Å². The Morgan fingerprint density at radius 1 is 1.29 bits per heavy atom. The summed E-state index contributed by atoms with van der Waals surface area (Å²) in [5.41, 5.74) is 7.93. The number of nitrogens with two attached hydrogens (primary N) is 1. The molecule has 0 aliphatic carbocycles. The summed E-state index contributed by atoms with van der Waals surface area (Å²) in [6.45, 7) is 1.85. The van der Waals surface area contributed by atoms with E-state index in [0.29, 0.717) is 37.7 Å². The number of carbonyl (C=O) groups excluding carboxylic acids is 2. The monoisotopic (exact) mass is 399 g/mol. The first-order valence-corrected chi connectivity index (χ1v) is 10.7. The van der Waals surface area contributed by atoms with Gasteiger partial charge in [-0.1, -0.05) is 30.3 Å². The molecule has 2 aromatic rings. The predicted molar refractivity (Wildman–Crippen MR) is 108 cm³/mol. The van der Waals surface area contributed by atoms with Gasteiger partial charge in [-0.05, 0) is 31.2 Å². The highest BCUT2D eigenvalue weighted by molar-refractivity contribution is 7.13. The number of ether oxygens (including phenoxy) is 1. The van der Waals surface area contributed by atoms with E-state index in [2.05, 4.69) is 17.1 Å². The minimum atomic E-state index is -0.207. The van der Waals surface area contributed by atoms with E-state index in [9.17, 15) is 9.59 Å². The van der Waals surface area contributed by atoms with Crippen LogP contribution < -0.4 is 5.73 Å². The van der Waals surface area contributed by atoms with Crippen LogP contribution in [0.1, 0.15) is 43.4 Å². The van der Waals surface area contributed by atoms with Crippen LogP contribution in [-0.4, -0.2) is 41.5 Å². The molecular formula is C21H25N3O3S. The number of piperidine rings is 1. The first kappa shape index (κ1) is 18.9. The fourth-order valence-electron chi connectivity index (χ4n) is 4.35. The molecule has 6 nitrogen and oxygen atoms in total. The standard InChI is InChI=1S/C21H25N3O3S/c22-20-23-17(14-28-20)21(16-4-2-1-3-5-16)9-11-24(12-10-21)18(25)7-6-15-8-13-27-19(15)26/h1-5,14-15H,6-13H2,(H2,22,23). The van der Waals surface area contributed by atoms with Gasteiger partial charge in [0.25, 0.3) is 0 Å². The van der Waals surface area contributed by atoms with Gasteiger partial charge in [0.05, 0.1) is 18.2 Å². The number of hydrogen-bond acceptors (Lipinski definition) is 6. The van der Waals surface area contributed by atoms with Gasteiger partial charge in [-0.25, -0.2) is 4.98 Å². The van der Waals surface area contributed by atoms with Gasteiger partial charge in [0.2, 0.25) is 5.91 Å². The first-order valence-electron chi connectivity index (χ1n) is 9.80. The Morgan fingerprint density at radius 3 is 2.64 bits per heavy atom. The van der Waals surface area contributed by atoms with E-state index in [0.717, 1.165) is 25.0 Å². The average Bonchev–Trinajstić information content (AvgIpc) is 3.35. The number of amides is 1. The lowest BCUT2D eigenvalue weighted by Gasteiger charge is -2.41. The molecule has 1 amide bonds. The number of aromatic nitrogens is 1. The molecule has 2 saturated heterocycles. The molecule has 3 heterocycles. The van der Waals surface area contributed by atoms with Gasteiger partial charge in [-0.2, -0.15) is 0 Å². The fourth-order valence-corrected chi connectivity index (χ4v) is 5.01. The van der Waals surface area contributed by atoms with Gasteiger partial charge in [0.15, 0.2) is 5.13 Å². The summed E-state index contributed by atoms with van der Waals surface area (Å²) in [6, 6.07) is 10.4. The van der Waals surface area contributed by atoms with Gasteiger partial charge in [-0.3, -0.25) is 9.59 Å². The molecular weight excluding hydrogens is 374 g/mol. The largest absolute Gasteiger partial charge is 0.465 e. The van der Waals surface area contributed by atoms with Crippen molar-refractivity contribution in [2.24, 2.45) is 5.92 Å². The molecule has 2 aliphatic heterocycles. The van der Waals surface area contributed by atoms with E-state index in [1.165, 1.54) is 16.9 Å². The van der Waals surface area contributed by atoms with Crippen LogP contribution in [0.5, 0.6) is 0 Å². The van der Waals surface area contributed by atoms with Crippen molar-refractivity contribution in [3.8, 4) is 0 Å². The summed E-state index contributed by atoms with van der Waals surface area (Å²) in [6.07, 6.45) is 3.35. The number of carbonyl (C=O) groups is 2. The van der Waals surface area contributed by atoms with Crippen molar-refractivity contribution in [2.75, 3.05) is 25.4 Å². The molecule has 0 saturated carbocycles. The second-order valence-electron chi connectivity index (χ2n) is 7.59. The molecule has 2 N–H and O–H groups in total. The third-order valence-electron chi connectivity index (χ3n) is 6.06. The Kier molecular flexibility index (Phi) is 5.35. The fraction of sp³-hybridized carbons (Fsp3) is 0.476. The zero-order chi connectivity index (χ0) is 19.6. The quantitative estimate of drug-likeness (QED) is 0.781. The third-order valence-corrected chi connectivity index (χ3v) is 6.73. The normalized spacial score (nSPS) is 21.5. The maximum atomic E-state index is 12.7. The number of benzene rings is 1. The number of nitrogen functional groups attached to an aromatic ring is 1. The van der Waals surface area contributed by atoms with Crippen molar-refractivity contribution in [1.82, 2.24) is 9.88 Å². The SMILES string of the molecule is Nc1nc(C2(c3ccccc3)CCN(C(=O)CCC3CCOC3=O)CC2)cs1. The summed E-state index contributed by atoms with van der Waals surface area (Å²) in [5.74, 6) is -0.148. The molecule has 28 heavy (non-hydrogen) atoms. The van der Waals surface area contributed by atoms with Crippen molar-refractivity contribution in [3.63, 3.8) is 0 Å². The molecule has 1 aromatic heterocycles. The number of esters is 1. The minimum absolute atomic E-state index is 0.116. The number of cyclic esters (lactones) is 1. The number of rotatable bonds is 5. The van der Waals surface area contributed by atoms with Crippen molar-refractivity contribution >= 4 is 28.3 Å². The van der Waals surface area contributed by atoms with Crippen LogP contribution in [0.15, 0.2) is 35.7 Å². The second kappa shape index (κ2) is 7.91. The topological polar surface area (TPSA) is 85.5 Å². The maximum absolute atomic E-state index is 12.7. The Balaban J connectivity index is 1.45. The summed E-state index contributed by atoms with van der Waals surface area (Å²) in [5, 5.41) is 2.62. The van der Waals surface area contributed by atoms with Gasteiger partial charge in [0, 0.05) is 30.3 Å². The molecule has 7 heteroatoms. The molecule has 4 rings (SSSR count). The van der Waals surface area contributed by atoms with Crippen molar-refractivity contribution in [3.05, 3.63) is 47.0 Å². The molecule has 148 valence electrons. The molecule has 2 aliphatic rings. The lowest BCUT2D eigenvalue weighted by Crippen LogP contribution is -2.46. The highest BCUT2D eigenvalue weighted by atomic mass is 32.1. The van der Waals surface area contributed by atoms with Crippen molar-refractivity contribution < 1.29 is 14.3 Å².